The van der Waals surface area contributed by atoms with Gasteiger partial charge in [0.1, 0.15) is 0 Å². The molecule has 6 nitrogen and oxygen atoms in total. The molecular weight excluding hydrogens is 550 g/mol. The van der Waals surface area contributed by atoms with Crippen molar-refractivity contribution in [2.45, 2.75) is 161 Å². The second kappa shape index (κ2) is 18.7. The fourth-order valence-electron chi connectivity index (χ4n) is 7.35. The van der Waals surface area contributed by atoms with Crippen molar-refractivity contribution >= 4 is 5.97 Å². The Hall–Kier alpha value is -2.15. The zero-order valence-electron chi connectivity index (χ0n) is 27.8. The fraction of sp³-hybridized carbons (Fsp3) is 0.711. The highest BCUT2D eigenvalue weighted by Crippen LogP contribution is 2.41. The van der Waals surface area contributed by atoms with Crippen LogP contribution < -0.4 is 4.98 Å². The first-order valence-electron chi connectivity index (χ1n) is 17.6. The summed E-state index contributed by atoms with van der Waals surface area (Å²) in [6.07, 6.45) is 15.3. The Balaban J connectivity index is 1.39. The summed E-state index contributed by atoms with van der Waals surface area (Å²) in [6, 6.07) is 10.7. The van der Waals surface area contributed by atoms with Crippen molar-refractivity contribution in [3.05, 3.63) is 58.4 Å². The van der Waals surface area contributed by atoms with Crippen LogP contribution in [0.15, 0.2) is 30.3 Å². The van der Waals surface area contributed by atoms with E-state index in [0.29, 0.717) is 32.1 Å². The van der Waals surface area contributed by atoms with Gasteiger partial charge in [-0.15, -0.1) is 0 Å². The van der Waals surface area contributed by atoms with Crippen LogP contribution in [0.3, 0.4) is 0 Å². The number of carbonyl (C=O) groups is 1. The van der Waals surface area contributed by atoms with E-state index in [1.807, 2.05) is 0 Å². The molecule has 1 fully saturated rings. The van der Waals surface area contributed by atoms with Gasteiger partial charge in [-0.2, -0.15) is 11.4 Å². The molecule has 1 aromatic heterocycles. The van der Waals surface area contributed by atoms with E-state index in [9.17, 15) is 25.2 Å². The Labute approximate surface area is 266 Å². The number of aliphatic hydroxyl groups excluding tert-OH is 2. The lowest BCUT2D eigenvalue weighted by molar-refractivity contribution is -0.146. The molecule has 1 aromatic carbocycles. The normalized spacial score (nSPS) is 20.5. The first-order valence-corrected chi connectivity index (χ1v) is 17.6. The Morgan fingerprint density at radius 2 is 1.50 bits per heavy atom. The molecule has 4 N–H and O–H groups in total. The smallest absolute Gasteiger partial charge is 0.309 e. The highest BCUT2D eigenvalue weighted by Gasteiger charge is 2.41. The average Bonchev–Trinajstić information content (AvgIpc) is 3.56. The van der Waals surface area contributed by atoms with E-state index in [1.54, 1.807) is 0 Å². The van der Waals surface area contributed by atoms with Gasteiger partial charge < -0.3 is 25.4 Å². The van der Waals surface area contributed by atoms with Crippen LogP contribution in [0.25, 0.3) is 0 Å². The predicted molar refractivity (Wildman–Crippen MR) is 178 cm³/mol. The van der Waals surface area contributed by atoms with E-state index in [1.165, 1.54) is 42.4 Å². The lowest BCUT2D eigenvalue weighted by Crippen LogP contribution is -2.37. The van der Waals surface area contributed by atoms with Gasteiger partial charge in [0.2, 0.25) is 0 Å². The van der Waals surface area contributed by atoms with Gasteiger partial charge in [0, 0.05) is 0 Å². The molecule has 3 rings (SSSR count). The van der Waals surface area contributed by atoms with Gasteiger partial charge in [-0.1, -0.05) is 113 Å². The predicted octanol–water partition coefficient (Wildman–Crippen LogP) is 7.83. The summed E-state index contributed by atoms with van der Waals surface area (Å²) >= 11 is 0. The molecule has 248 valence electrons. The number of aryl methyl sites for hydroxylation is 2. The summed E-state index contributed by atoms with van der Waals surface area (Å²) in [6.45, 7) is 6.43. The van der Waals surface area contributed by atoms with E-state index >= 15 is 0 Å². The standard InChI is InChI=1S/C38H60NO5/c1-4-5-6-7-10-15-34(40)16-11-8-9-12-17-35(37(42)43)36(41)20-22-38(44)21-13-14-31(38)27-33-19-18-32(39-33)26-30-24-28(2)23-29(3)25-30/h18-19,23-25,31,34-36,40-41,44H,4-17,20-22,26-27H2,1-3H3,(H,42,43)/q-1/t31-,34-,35-,36+,38-/m0/s1. The molecule has 0 spiro atoms. The van der Waals surface area contributed by atoms with Crippen LogP contribution in [0.2, 0.25) is 0 Å². The monoisotopic (exact) mass is 610 g/mol. The molecule has 0 saturated heterocycles. The molecule has 5 atom stereocenters. The SMILES string of the molecule is CCCCCCC[C@H](O)CCCCCC[C@H](C(=O)O)[C@H](O)CC[C@@]1(O)CCC[C@H]1Cc1ccc(Cc2cc(C)cc(C)c2)[n-]1. The van der Waals surface area contributed by atoms with Gasteiger partial charge in [0.15, 0.2) is 0 Å². The Kier molecular flexibility index (Phi) is 15.5. The van der Waals surface area contributed by atoms with Gasteiger partial charge in [0.25, 0.3) is 0 Å². The minimum Gasteiger partial charge on any atom is -0.664 e. The van der Waals surface area contributed by atoms with Crippen molar-refractivity contribution in [2.75, 3.05) is 0 Å². The molecule has 1 saturated carbocycles. The van der Waals surface area contributed by atoms with Crippen LogP contribution in [0, 0.1) is 25.7 Å². The number of aliphatic carboxylic acids is 1. The molecule has 44 heavy (non-hydrogen) atoms. The molecule has 0 aliphatic heterocycles. The molecule has 0 radical (unpaired) electrons. The number of rotatable bonds is 22. The van der Waals surface area contributed by atoms with E-state index in [-0.39, 0.29) is 12.0 Å². The van der Waals surface area contributed by atoms with Crippen molar-refractivity contribution in [1.29, 1.82) is 0 Å². The number of hydrogen-bond donors (Lipinski definition) is 4. The van der Waals surface area contributed by atoms with Crippen LogP contribution in [0.1, 0.15) is 144 Å². The lowest BCUT2D eigenvalue weighted by Gasteiger charge is -2.33. The minimum absolute atomic E-state index is 0.0635. The van der Waals surface area contributed by atoms with E-state index in [2.05, 4.69) is 51.1 Å². The third kappa shape index (κ3) is 12.3. The van der Waals surface area contributed by atoms with Crippen LogP contribution >= 0.6 is 0 Å². The van der Waals surface area contributed by atoms with E-state index in [4.69, 9.17) is 4.98 Å². The largest absolute Gasteiger partial charge is 0.664 e. The number of aliphatic hydroxyl groups is 3. The van der Waals surface area contributed by atoms with Crippen molar-refractivity contribution < 1.29 is 25.2 Å². The topological polar surface area (TPSA) is 112 Å². The maximum absolute atomic E-state index is 12.0. The molecule has 0 bridgehead atoms. The minimum atomic E-state index is -0.964. The van der Waals surface area contributed by atoms with E-state index in [0.717, 1.165) is 75.6 Å². The van der Waals surface area contributed by atoms with Crippen molar-refractivity contribution in [2.24, 2.45) is 11.8 Å². The van der Waals surface area contributed by atoms with Gasteiger partial charge in [0.05, 0.1) is 23.7 Å². The summed E-state index contributed by atoms with van der Waals surface area (Å²) in [5.41, 5.74) is 4.91. The molecular formula is C38H60NO5-. The Bertz CT molecular complexity index is 1090. The van der Waals surface area contributed by atoms with Crippen LogP contribution in [0.5, 0.6) is 0 Å². The van der Waals surface area contributed by atoms with Gasteiger partial charge in [-0.25, -0.2) is 0 Å². The maximum atomic E-state index is 12.0. The third-order valence-electron chi connectivity index (χ3n) is 9.90. The molecule has 1 heterocycles. The average molecular weight is 611 g/mol. The van der Waals surface area contributed by atoms with Crippen molar-refractivity contribution in [3.63, 3.8) is 0 Å². The van der Waals surface area contributed by atoms with Gasteiger partial charge >= 0.3 is 5.97 Å². The second-order valence-electron chi connectivity index (χ2n) is 13.9. The number of unbranched alkanes of at least 4 members (excludes halogenated alkanes) is 7. The summed E-state index contributed by atoms with van der Waals surface area (Å²) < 4.78 is 0. The highest BCUT2D eigenvalue weighted by atomic mass is 16.4. The number of hydrogen-bond acceptors (Lipinski definition) is 4. The van der Waals surface area contributed by atoms with Crippen LogP contribution in [0.4, 0.5) is 0 Å². The zero-order chi connectivity index (χ0) is 32.0. The quantitative estimate of drug-likeness (QED) is 0.101. The van der Waals surface area contributed by atoms with Crippen LogP contribution in [-0.2, 0) is 17.6 Å². The summed E-state index contributed by atoms with van der Waals surface area (Å²) in [5, 5.41) is 42.5. The maximum Gasteiger partial charge on any atom is 0.309 e. The number of carboxylic acids is 1. The third-order valence-corrected chi connectivity index (χ3v) is 9.90. The highest BCUT2D eigenvalue weighted by molar-refractivity contribution is 5.70. The molecule has 0 unspecified atom stereocenters. The molecule has 0 amide bonds. The summed E-state index contributed by atoms with van der Waals surface area (Å²) in [4.78, 5) is 16.9. The first-order chi connectivity index (χ1) is 21.1. The molecule has 2 aromatic rings. The van der Waals surface area contributed by atoms with Crippen molar-refractivity contribution in [1.82, 2.24) is 4.98 Å². The zero-order valence-corrected chi connectivity index (χ0v) is 27.8. The number of carboxylic acid groups (broad SMARTS) is 1. The summed E-state index contributed by atoms with van der Waals surface area (Å²) in [7, 11) is 0. The number of aromatic nitrogens is 1. The Morgan fingerprint density at radius 1 is 0.886 bits per heavy atom. The van der Waals surface area contributed by atoms with Crippen LogP contribution in [-0.4, -0.2) is 44.2 Å². The number of benzene rings is 1. The van der Waals surface area contributed by atoms with Crippen molar-refractivity contribution in [3.8, 4) is 0 Å². The Morgan fingerprint density at radius 3 is 2.14 bits per heavy atom. The van der Waals surface area contributed by atoms with E-state index < -0.39 is 23.6 Å². The fourth-order valence-corrected chi connectivity index (χ4v) is 7.35. The second-order valence-corrected chi connectivity index (χ2v) is 13.9. The molecule has 1 aliphatic carbocycles. The van der Waals surface area contributed by atoms with Gasteiger partial charge in [-0.3, -0.25) is 4.79 Å². The lowest BCUT2D eigenvalue weighted by atomic mass is 9.81. The molecule has 1 aliphatic rings. The number of nitrogens with zero attached hydrogens (tertiary/aromatic N) is 1. The first kappa shape index (κ1) is 36.3. The molecule has 6 heteroatoms. The summed E-state index contributed by atoms with van der Waals surface area (Å²) in [5.74, 6) is -1.70. The van der Waals surface area contributed by atoms with Gasteiger partial charge in [-0.05, 0) is 83.1 Å².